The summed E-state index contributed by atoms with van der Waals surface area (Å²) in [7, 11) is 0. The molecule has 166 valence electrons. The third kappa shape index (κ3) is 4.07. The summed E-state index contributed by atoms with van der Waals surface area (Å²) < 4.78 is 20.6. The van der Waals surface area contributed by atoms with E-state index >= 15 is 0 Å². The van der Waals surface area contributed by atoms with Gasteiger partial charge in [-0.05, 0) is 35.9 Å². The second-order valence-electron chi connectivity index (χ2n) is 7.43. The fraction of sp³-hybridized carbons (Fsp3) is 0.125. The lowest BCUT2D eigenvalue weighted by Crippen LogP contribution is -2.32. The van der Waals surface area contributed by atoms with Gasteiger partial charge >= 0.3 is 5.84 Å². The largest absolute Gasteiger partial charge is 0.432 e. The van der Waals surface area contributed by atoms with Gasteiger partial charge < -0.3 is 19.9 Å². The van der Waals surface area contributed by atoms with Gasteiger partial charge in [-0.2, -0.15) is 4.98 Å². The van der Waals surface area contributed by atoms with Crippen molar-refractivity contribution < 1.29 is 19.0 Å². The van der Waals surface area contributed by atoms with Crippen LogP contribution in [-0.4, -0.2) is 42.2 Å². The van der Waals surface area contributed by atoms with Crippen LogP contribution in [0.4, 0.5) is 10.3 Å². The maximum Gasteiger partial charge on any atom is 0.306 e. The van der Waals surface area contributed by atoms with Gasteiger partial charge in [0.15, 0.2) is 0 Å². The van der Waals surface area contributed by atoms with Crippen LogP contribution < -0.4 is 5.32 Å². The number of imidazole rings is 1. The van der Waals surface area contributed by atoms with Gasteiger partial charge in [-0.15, -0.1) is 0 Å². The van der Waals surface area contributed by atoms with Crippen LogP contribution in [0.25, 0.3) is 28.5 Å². The van der Waals surface area contributed by atoms with Crippen LogP contribution in [0.15, 0.2) is 83.7 Å². The second kappa shape index (κ2) is 8.81. The normalized spacial score (nSPS) is 13.2. The van der Waals surface area contributed by atoms with E-state index in [-0.39, 0.29) is 18.4 Å². The van der Waals surface area contributed by atoms with E-state index in [0.717, 1.165) is 0 Å². The Morgan fingerprint density at radius 3 is 2.58 bits per heavy atom. The number of aliphatic hydroxyl groups excluding tert-OH is 2. The van der Waals surface area contributed by atoms with Crippen LogP contribution in [0, 0.1) is 5.82 Å². The molecule has 0 unspecified atom stereocenters. The number of benzene rings is 2. The van der Waals surface area contributed by atoms with Gasteiger partial charge in [0.1, 0.15) is 29.6 Å². The van der Waals surface area contributed by atoms with Crippen LogP contribution in [0.3, 0.4) is 0 Å². The molecular weight excluding hydrogens is 425 g/mol. The minimum absolute atomic E-state index is 0.227. The Kier molecular flexibility index (Phi) is 5.55. The zero-order valence-corrected chi connectivity index (χ0v) is 17.3. The maximum atomic E-state index is 13.5. The molecule has 0 amide bonds. The van der Waals surface area contributed by atoms with Crippen molar-refractivity contribution in [2.75, 3.05) is 11.9 Å². The van der Waals surface area contributed by atoms with Crippen molar-refractivity contribution in [3.05, 3.63) is 90.7 Å². The first-order valence-corrected chi connectivity index (χ1v) is 10.3. The van der Waals surface area contributed by atoms with Gasteiger partial charge in [0.05, 0.1) is 18.3 Å². The third-order valence-electron chi connectivity index (χ3n) is 5.31. The maximum absolute atomic E-state index is 13.5. The van der Waals surface area contributed by atoms with Crippen molar-refractivity contribution in [1.82, 2.24) is 19.4 Å². The summed E-state index contributed by atoms with van der Waals surface area (Å²) in [6, 6.07) is 16.0. The minimum atomic E-state index is -0.964. The van der Waals surface area contributed by atoms with Gasteiger partial charge in [-0.1, -0.05) is 30.3 Å². The molecule has 0 aliphatic heterocycles. The predicted octanol–water partition coefficient (Wildman–Crippen LogP) is 3.70. The number of aromatic nitrogens is 4. The molecule has 0 saturated carbocycles. The monoisotopic (exact) mass is 445 g/mol. The number of anilines is 1. The van der Waals surface area contributed by atoms with E-state index in [2.05, 4.69) is 20.3 Å². The first kappa shape index (κ1) is 20.8. The van der Waals surface area contributed by atoms with Crippen molar-refractivity contribution in [3.63, 3.8) is 0 Å². The summed E-state index contributed by atoms with van der Waals surface area (Å²) in [5.41, 5.74) is 3.11. The average Bonchev–Trinajstić information content (AvgIpc) is 3.45. The van der Waals surface area contributed by atoms with Gasteiger partial charge in [-0.25, -0.2) is 14.4 Å². The number of aliphatic hydroxyl groups is 2. The molecule has 5 aromatic rings. The van der Waals surface area contributed by atoms with E-state index in [1.807, 2.05) is 18.2 Å². The van der Waals surface area contributed by atoms with Crippen molar-refractivity contribution in [2.24, 2.45) is 0 Å². The van der Waals surface area contributed by atoms with Gasteiger partial charge in [0.2, 0.25) is 5.95 Å². The molecule has 0 aliphatic rings. The number of oxazole rings is 1. The quantitative estimate of drug-likeness (QED) is 0.351. The highest BCUT2D eigenvalue weighted by atomic mass is 19.1. The summed E-state index contributed by atoms with van der Waals surface area (Å²) in [5.74, 6) is 0.249. The van der Waals surface area contributed by atoms with Gasteiger partial charge in [-0.3, -0.25) is 4.40 Å². The molecule has 3 aromatic heterocycles. The zero-order valence-electron chi connectivity index (χ0n) is 17.3. The number of rotatable bonds is 7. The summed E-state index contributed by atoms with van der Waals surface area (Å²) in [6.45, 7) is -0.330. The number of hydrogen-bond donors (Lipinski definition) is 3. The zero-order chi connectivity index (χ0) is 22.8. The third-order valence-corrected chi connectivity index (χ3v) is 5.31. The molecule has 8 nitrogen and oxygen atoms in total. The predicted molar refractivity (Wildman–Crippen MR) is 120 cm³/mol. The van der Waals surface area contributed by atoms with Crippen molar-refractivity contribution >= 4 is 11.8 Å². The summed E-state index contributed by atoms with van der Waals surface area (Å²) in [4.78, 5) is 13.4. The number of hydrogen-bond acceptors (Lipinski definition) is 7. The Morgan fingerprint density at radius 2 is 1.82 bits per heavy atom. The first-order chi connectivity index (χ1) is 16.1. The van der Waals surface area contributed by atoms with Crippen LogP contribution in [-0.2, 0) is 0 Å². The molecule has 0 aliphatic carbocycles. The van der Waals surface area contributed by atoms with Gasteiger partial charge in [0, 0.05) is 18.0 Å². The highest BCUT2D eigenvalue weighted by molar-refractivity contribution is 5.79. The lowest BCUT2D eigenvalue weighted by atomic mass is 10.0. The van der Waals surface area contributed by atoms with Crippen LogP contribution in [0.5, 0.6) is 0 Å². The summed E-state index contributed by atoms with van der Waals surface area (Å²) >= 11 is 0. The van der Waals surface area contributed by atoms with E-state index in [0.29, 0.717) is 34.1 Å². The minimum Gasteiger partial charge on any atom is -0.432 e. The highest BCUT2D eigenvalue weighted by Gasteiger charge is 2.23. The van der Waals surface area contributed by atoms with Gasteiger partial charge in [0.25, 0.3) is 0 Å². The van der Waals surface area contributed by atoms with E-state index in [4.69, 9.17) is 4.42 Å². The molecule has 0 fully saturated rings. The Morgan fingerprint density at radius 1 is 1.03 bits per heavy atom. The topological polar surface area (TPSA) is 109 Å². The molecule has 0 radical (unpaired) electrons. The smallest absolute Gasteiger partial charge is 0.306 e. The molecule has 3 heterocycles. The summed E-state index contributed by atoms with van der Waals surface area (Å²) in [6.07, 6.45) is 3.84. The Labute approximate surface area is 188 Å². The Hall–Kier alpha value is -4.08. The number of nitrogens with one attached hydrogen (secondary N) is 1. The lowest BCUT2D eigenvalue weighted by Gasteiger charge is -2.22. The second-order valence-corrected chi connectivity index (χ2v) is 7.43. The Balaban J connectivity index is 1.51. The SMILES string of the molecule is OC[C@@H](Nc1nccc(-c2c(-c3ccc(F)cc3)nc3occn23)n1)[C@H](O)c1ccccc1. The molecule has 0 bridgehead atoms. The number of halogens is 1. The first-order valence-electron chi connectivity index (χ1n) is 10.3. The molecule has 0 saturated heterocycles. The average molecular weight is 445 g/mol. The Bertz CT molecular complexity index is 1370. The molecular formula is C24H20FN5O3. The molecule has 2 atom stereocenters. The molecule has 9 heteroatoms. The highest BCUT2D eigenvalue weighted by Crippen LogP contribution is 2.32. The van der Waals surface area contributed by atoms with E-state index in [9.17, 15) is 14.6 Å². The van der Waals surface area contributed by atoms with Crippen molar-refractivity contribution in [2.45, 2.75) is 12.1 Å². The standard InChI is InChI=1S/C24H20FN5O3/c25-17-8-6-15(7-9-17)20-21(30-12-13-33-24(30)29-20)18-10-11-26-23(27-18)28-19(14-31)22(32)16-4-2-1-3-5-16/h1-13,19,22,31-32H,14H2,(H,26,27,28)/t19-,22-/m1/s1. The molecule has 3 N–H and O–H groups in total. The molecule has 5 rings (SSSR count). The van der Waals surface area contributed by atoms with Crippen LogP contribution in [0.2, 0.25) is 0 Å². The van der Waals surface area contributed by atoms with E-state index in [1.165, 1.54) is 18.4 Å². The summed E-state index contributed by atoms with van der Waals surface area (Å²) in [5, 5.41) is 23.6. The van der Waals surface area contributed by atoms with Crippen molar-refractivity contribution in [3.8, 4) is 22.6 Å². The van der Waals surface area contributed by atoms with Crippen molar-refractivity contribution in [1.29, 1.82) is 0 Å². The molecule has 0 spiro atoms. The fourth-order valence-corrected chi connectivity index (χ4v) is 3.67. The van der Waals surface area contributed by atoms with Crippen LogP contribution in [0.1, 0.15) is 11.7 Å². The number of fused-ring (bicyclic) bond motifs is 1. The van der Waals surface area contributed by atoms with Crippen LogP contribution >= 0.6 is 0 Å². The number of nitrogens with zero attached hydrogens (tertiary/aromatic N) is 4. The molecule has 2 aromatic carbocycles. The lowest BCUT2D eigenvalue weighted by molar-refractivity contribution is 0.118. The fourth-order valence-electron chi connectivity index (χ4n) is 3.67. The van der Waals surface area contributed by atoms with E-state index in [1.54, 1.807) is 47.1 Å². The molecule has 33 heavy (non-hydrogen) atoms. The van der Waals surface area contributed by atoms with E-state index < -0.39 is 12.1 Å².